The van der Waals surface area contributed by atoms with E-state index in [1.54, 1.807) is 61.5 Å². The molecule has 1 atom stereocenters. The Hall–Kier alpha value is -3.36. The van der Waals surface area contributed by atoms with Crippen LogP contribution in [0.25, 0.3) is 0 Å². The van der Waals surface area contributed by atoms with Crippen molar-refractivity contribution in [2.24, 2.45) is 0 Å². The van der Waals surface area contributed by atoms with Gasteiger partial charge in [0.1, 0.15) is 12.6 Å². The number of nitrogens with one attached hydrogen (secondary N) is 1. The average Bonchev–Trinajstić information content (AvgIpc) is 2.96. The molecule has 0 heterocycles. The first-order valence-electron chi connectivity index (χ1n) is 14.5. The molecule has 0 spiro atoms. The van der Waals surface area contributed by atoms with Gasteiger partial charge in [-0.2, -0.15) is 0 Å². The SMILES string of the molecule is Cc1ccc(S(=O)(=O)N(CC(=O)N(Cc2cccc(Cl)c2)C(C)C(=O)NC2CCCCC2)c2ccc(C)c(C)c2)cc1. The molecule has 3 aromatic rings. The summed E-state index contributed by atoms with van der Waals surface area (Å²) in [7, 11) is -4.11. The number of carbonyl (C=O) groups is 2. The van der Waals surface area contributed by atoms with Crippen molar-refractivity contribution in [3.8, 4) is 0 Å². The summed E-state index contributed by atoms with van der Waals surface area (Å²) in [6.45, 7) is 7.05. The average molecular weight is 610 g/mol. The predicted octanol–water partition coefficient (Wildman–Crippen LogP) is 6.33. The normalized spacial score (nSPS) is 14.7. The molecule has 1 fully saturated rings. The molecule has 224 valence electrons. The van der Waals surface area contributed by atoms with E-state index in [0.717, 1.165) is 58.7 Å². The number of nitrogens with zero attached hydrogens (tertiary/aromatic N) is 2. The van der Waals surface area contributed by atoms with E-state index in [9.17, 15) is 18.0 Å². The smallest absolute Gasteiger partial charge is 0.264 e. The van der Waals surface area contributed by atoms with Crippen LogP contribution >= 0.6 is 11.6 Å². The zero-order chi connectivity index (χ0) is 30.4. The lowest BCUT2D eigenvalue weighted by molar-refractivity contribution is -0.139. The highest BCUT2D eigenvalue weighted by Gasteiger charge is 2.33. The lowest BCUT2D eigenvalue weighted by atomic mass is 9.95. The second-order valence-corrected chi connectivity index (χ2v) is 13.6. The number of amides is 2. The lowest BCUT2D eigenvalue weighted by Crippen LogP contribution is -2.53. The van der Waals surface area contributed by atoms with Crippen molar-refractivity contribution in [3.63, 3.8) is 0 Å². The van der Waals surface area contributed by atoms with Gasteiger partial charge in [-0.15, -0.1) is 0 Å². The largest absolute Gasteiger partial charge is 0.352 e. The molecule has 9 heteroatoms. The van der Waals surface area contributed by atoms with E-state index >= 15 is 0 Å². The molecule has 0 aliphatic heterocycles. The molecular weight excluding hydrogens is 570 g/mol. The van der Waals surface area contributed by atoms with Crippen LogP contribution in [0.2, 0.25) is 5.02 Å². The van der Waals surface area contributed by atoms with Crippen molar-refractivity contribution in [1.29, 1.82) is 0 Å². The van der Waals surface area contributed by atoms with Crippen molar-refractivity contribution in [2.45, 2.75) is 83.3 Å². The van der Waals surface area contributed by atoms with Crippen molar-refractivity contribution in [2.75, 3.05) is 10.8 Å². The zero-order valence-electron chi connectivity index (χ0n) is 24.8. The summed E-state index contributed by atoms with van der Waals surface area (Å²) in [5.74, 6) is -0.744. The Balaban J connectivity index is 1.69. The van der Waals surface area contributed by atoms with E-state index in [1.807, 2.05) is 32.9 Å². The second-order valence-electron chi connectivity index (χ2n) is 11.3. The number of carbonyl (C=O) groups excluding carboxylic acids is 2. The van der Waals surface area contributed by atoms with Gasteiger partial charge in [0.2, 0.25) is 11.8 Å². The Bertz CT molecular complexity index is 1520. The van der Waals surface area contributed by atoms with Crippen LogP contribution in [0, 0.1) is 20.8 Å². The molecular formula is C33H40ClN3O4S. The summed E-state index contributed by atoms with van der Waals surface area (Å²) in [4.78, 5) is 29.1. The van der Waals surface area contributed by atoms with E-state index in [2.05, 4.69) is 5.32 Å². The van der Waals surface area contributed by atoms with Gasteiger partial charge >= 0.3 is 0 Å². The molecule has 0 bridgehead atoms. The first kappa shape index (κ1) is 31.6. The predicted molar refractivity (Wildman–Crippen MR) is 168 cm³/mol. The number of rotatable bonds is 10. The molecule has 1 saturated carbocycles. The van der Waals surface area contributed by atoms with Crippen LogP contribution in [-0.2, 0) is 26.2 Å². The topological polar surface area (TPSA) is 86.8 Å². The van der Waals surface area contributed by atoms with Crippen LogP contribution in [0.3, 0.4) is 0 Å². The first-order chi connectivity index (χ1) is 20.0. The molecule has 3 aromatic carbocycles. The molecule has 0 radical (unpaired) electrons. The minimum Gasteiger partial charge on any atom is -0.352 e. The summed E-state index contributed by atoms with van der Waals surface area (Å²) < 4.78 is 29.2. The van der Waals surface area contributed by atoms with Gasteiger partial charge in [-0.3, -0.25) is 13.9 Å². The second kappa shape index (κ2) is 13.7. The third-order valence-corrected chi connectivity index (χ3v) is 10.1. The Morgan fingerprint density at radius 2 is 1.62 bits per heavy atom. The van der Waals surface area contributed by atoms with Gasteiger partial charge in [0.15, 0.2) is 0 Å². The first-order valence-corrected chi connectivity index (χ1v) is 16.3. The van der Waals surface area contributed by atoms with Crippen LogP contribution in [0.1, 0.15) is 61.3 Å². The number of sulfonamides is 1. The summed E-state index contributed by atoms with van der Waals surface area (Å²) in [5, 5.41) is 3.63. The van der Waals surface area contributed by atoms with Crippen LogP contribution in [-0.4, -0.2) is 43.8 Å². The van der Waals surface area contributed by atoms with E-state index < -0.39 is 28.5 Å². The molecule has 0 saturated heterocycles. The van der Waals surface area contributed by atoms with Crippen LogP contribution < -0.4 is 9.62 Å². The molecule has 1 N–H and O–H groups in total. The summed E-state index contributed by atoms with van der Waals surface area (Å²) in [6.07, 6.45) is 5.11. The minimum atomic E-state index is -4.11. The highest BCUT2D eigenvalue weighted by Crippen LogP contribution is 2.27. The maximum Gasteiger partial charge on any atom is 0.264 e. The number of halogens is 1. The molecule has 1 aliphatic rings. The lowest BCUT2D eigenvalue weighted by Gasteiger charge is -2.33. The summed E-state index contributed by atoms with van der Waals surface area (Å²) in [6, 6.07) is 18.2. The molecule has 2 amide bonds. The van der Waals surface area contributed by atoms with E-state index in [0.29, 0.717) is 10.7 Å². The number of anilines is 1. The van der Waals surface area contributed by atoms with E-state index in [4.69, 9.17) is 11.6 Å². The Morgan fingerprint density at radius 1 is 0.929 bits per heavy atom. The molecule has 7 nitrogen and oxygen atoms in total. The van der Waals surface area contributed by atoms with E-state index in [-0.39, 0.29) is 23.4 Å². The highest BCUT2D eigenvalue weighted by molar-refractivity contribution is 7.92. The van der Waals surface area contributed by atoms with Gasteiger partial charge in [-0.05, 0) is 93.6 Å². The van der Waals surface area contributed by atoms with Gasteiger partial charge in [0.25, 0.3) is 10.0 Å². The highest BCUT2D eigenvalue weighted by atomic mass is 35.5. The minimum absolute atomic E-state index is 0.0748. The summed E-state index contributed by atoms with van der Waals surface area (Å²) in [5.41, 5.74) is 3.96. The van der Waals surface area contributed by atoms with Gasteiger partial charge in [-0.1, -0.05) is 66.8 Å². The fourth-order valence-electron chi connectivity index (χ4n) is 5.23. The van der Waals surface area contributed by atoms with Crippen molar-refractivity contribution in [3.05, 3.63) is 94.0 Å². The monoisotopic (exact) mass is 609 g/mol. The fourth-order valence-corrected chi connectivity index (χ4v) is 6.85. The Labute approximate surface area is 254 Å². The van der Waals surface area contributed by atoms with Crippen LogP contribution in [0.4, 0.5) is 5.69 Å². The van der Waals surface area contributed by atoms with Crippen molar-refractivity contribution < 1.29 is 18.0 Å². The van der Waals surface area contributed by atoms with Gasteiger partial charge in [0.05, 0.1) is 10.6 Å². The fraction of sp³-hybridized carbons (Fsp3) is 0.394. The third-order valence-electron chi connectivity index (χ3n) is 8.03. The van der Waals surface area contributed by atoms with E-state index in [1.165, 1.54) is 4.90 Å². The molecule has 1 unspecified atom stereocenters. The summed E-state index contributed by atoms with van der Waals surface area (Å²) >= 11 is 6.24. The van der Waals surface area contributed by atoms with Gasteiger partial charge in [0, 0.05) is 17.6 Å². The maximum absolute atomic E-state index is 14.1. The van der Waals surface area contributed by atoms with Crippen molar-refractivity contribution >= 4 is 39.1 Å². The molecule has 4 rings (SSSR count). The molecule has 0 aromatic heterocycles. The van der Waals surface area contributed by atoms with Gasteiger partial charge < -0.3 is 10.2 Å². The number of hydrogen-bond donors (Lipinski definition) is 1. The van der Waals surface area contributed by atoms with Gasteiger partial charge in [-0.25, -0.2) is 8.42 Å². The number of hydrogen-bond acceptors (Lipinski definition) is 4. The number of benzene rings is 3. The Morgan fingerprint density at radius 3 is 2.26 bits per heavy atom. The number of aryl methyl sites for hydroxylation is 3. The Kier molecular flexibility index (Phi) is 10.3. The zero-order valence-corrected chi connectivity index (χ0v) is 26.3. The standard InChI is InChI=1S/C33H40ClN3O4S/c1-23-13-17-31(18-14-23)42(40,41)37(30-16-15-24(2)25(3)19-30)22-32(38)36(21-27-9-8-10-28(34)20-27)26(4)33(39)35-29-11-6-5-7-12-29/h8-10,13-20,26,29H,5-7,11-12,21-22H2,1-4H3,(H,35,39). The quantitative estimate of drug-likeness (QED) is 0.291. The molecule has 42 heavy (non-hydrogen) atoms. The van der Waals surface area contributed by atoms with Crippen LogP contribution in [0.5, 0.6) is 0 Å². The third kappa shape index (κ3) is 7.72. The maximum atomic E-state index is 14.1. The van der Waals surface area contributed by atoms with Crippen molar-refractivity contribution in [1.82, 2.24) is 10.2 Å². The molecule has 1 aliphatic carbocycles. The van der Waals surface area contributed by atoms with Crippen LogP contribution in [0.15, 0.2) is 71.6 Å².